The molecular weight excluding hydrogens is 320 g/mol. The Balaban J connectivity index is 1.72. The lowest BCUT2D eigenvalue weighted by Crippen LogP contribution is -2.22. The van der Waals surface area contributed by atoms with Gasteiger partial charge in [0.25, 0.3) is 5.91 Å². The number of carbonyl (C=O) groups is 1. The van der Waals surface area contributed by atoms with Crippen molar-refractivity contribution in [2.45, 2.75) is 33.2 Å². The van der Waals surface area contributed by atoms with Crippen LogP contribution >= 0.6 is 11.3 Å². The van der Waals surface area contributed by atoms with Crippen molar-refractivity contribution in [3.05, 3.63) is 57.7 Å². The summed E-state index contributed by atoms with van der Waals surface area (Å²) < 4.78 is 0. The summed E-state index contributed by atoms with van der Waals surface area (Å²) in [6.45, 7) is 4.62. The van der Waals surface area contributed by atoms with E-state index in [9.17, 15) is 4.79 Å². The summed E-state index contributed by atoms with van der Waals surface area (Å²) in [5.41, 5.74) is 3.23. The highest BCUT2D eigenvalue weighted by Crippen LogP contribution is 2.22. The normalized spacial score (nSPS) is 10.8. The van der Waals surface area contributed by atoms with Crippen LogP contribution in [0.3, 0.4) is 0 Å². The number of aryl methyl sites for hydroxylation is 2. The molecule has 6 heteroatoms. The smallest absolute Gasteiger partial charge is 0.255 e. The number of benzene rings is 1. The van der Waals surface area contributed by atoms with Gasteiger partial charge >= 0.3 is 0 Å². The number of H-pyrrole nitrogens is 1. The molecule has 3 aromatic rings. The van der Waals surface area contributed by atoms with Gasteiger partial charge in [-0.3, -0.25) is 9.89 Å². The molecule has 0 radical (unpaired) electrons. The first kappa shape index (κ1) is 16.4. The number of thiazole rings is 1. The molecule has 1 amide bonds. The number of amides is 1. The van der Waals surface area contributed by atoms with Gasteiger partial charge in [0.1, 0.15) is 0 Å². The standard InChI is InChI=1S/C18H20N4OS/c1-3-7-16-21-12(2)15(24-16)11-19-18(23)14-10-20-22-17(14)13-8-5-4-6-9-13/h4-6,8-10H,3,7,11H2,1-2H3,(H,19,23)(H,20,22). The Bertz CT molecular complexity index is 823. The molecule has 1 aromatic carbocycles. The van der Waals surface area contributed by atoms with Crippen molar-refractivity contribution in [2.24, 2.45) is 0 Å². The van der Waals surface area contributed by atoms with E-state index < -0.39 is 0 Å². The molecule has 2 N–H and O–H groups in total. The molecule has 3 rings (SSSR count). The SMILES string of the molecule is CCCc1nc(C)c(CNC(=O)c2cn[nH]c2-c2ccccc2)s1. The van der Waals surface area contributed by atoms with Gasteiger partial charge in [0.2, 0.25) is 0 Å². The van der Waals surface area contributed by atoms with E-state index in [4.69, 9.17) is 0 Å². The Morgan fingerprint density at radius 2 is 2.08 bits per heavy atom. The maximum absolute atomic E-state index is 12.5. The molecule has 24 heavy (non-hydrogen) atoms. The lowest BCUT2D eigenvalue weighted by molar-refractivity contribution is 0.0952. The molecule has 0 aliphatic carbocycles. The van der Waals surface area contributed by atoms with E-state index in [0.29, 0.717) is 12.1 Å². The van der Waals surface area contributed by atoms with E-state index >= 15 is 0 Å². The van der Waals surface area contributed by atoms with Gasteiger partial charge in [0, 0.05) is 10.4 Å². The topological polar surface area (TPSA) is 70.7 Å². The molecule has 0 saturated carbocycles. The monoisotopic (exact) mass is 340 g/mol. The average Bonchev–Trinajstić information content (AvgIpc) is 3.21. The zero-order valence-corrected chi connectivity index (χ0v) is 14.6. The van der Waals surface area contributed by atoms with E-state index in [2.05, 4.69) is 27.4 Å². The lowest BCUT2D eigenvalue weighted by Gasteiger charge is -2.05. The minimum atomic E-state index is -0.132. The Morgan fingerprint density at radius 3 is 2.83 bits per heavy atom. The molecule has 5 nitrogen and oxygen atoms in total. The Morgan fingerprint density at radius 1 is 1.29 bits per heavy atom. The third kappa shape index (κ3) is 3.54. The second-order valence-electron chi connectivity index (χ2n) is 5.57. The summed E-state index contributed by atoms with van der Waals surface area (Å²) >= 11 is 1.67. The molecule has 2 aromatic heterocycles. The second-order valence-corrected chi connectivity index (χ2v) is 6.74. The van der Waals surface area contributed by atoms with Gasteiger partial charge in [0.15, 0.2) is 0 Å². The number of aromatic nitrogens is 3. The molecule has 0 fully saturated rings. The zero-order valence-electron chi connectivity index (χ0n) is 13.8. The van der Waals surface area contributed by atoms with Crippen molar-refractivity contribution in [3.8, 4) is 11.3 Å². The highest BCUT2D eigenvalue weighted by Gasteiger charge is 2.16. The number of rotatable bonds is 6. The van der Waals surface area contributed by atoms with Crippen LogP contribution in [0.4, 0.5) is 0 Å². The fourth-order valence-corrected chi connectivity index (χ4v) is 3.62. The summed E-state index contributed by atoms with van der Waals surface area (Å²) in [6, 6.07) is 9.73. The fraction of sp³-hybridized carbons (Fsp3) is 0.278. The largest absolute Gasteiger partial charge is 0.347 e. The van der Waals surface area contributed by atoms with Crippen LogP contribution in [0.15, 0.2) is 36.5 Å². The van der Waals surface area contributed by atoms with Crippen LogP contribution < -0.4 is 5.32 Å². The average molecular weight is 340 g/mol. The summed E-state index contributed by atoms with van der Waals surface area (Å²) in [7, 11) is 0. The first-order valence-electron chi connectivity index (χ1n) is 8.01. The maximum Gasteiger partial charge on any atom is 0.255 e. The summed E-state index contributed by atoms with van der Waals surface area (Å²) in [5.74, 6) is -0.132. The number of hydrogen-bond donors (Lipinski definition) is 2. The molecule has 0 unspecified atom stereocenters. The van der Waals surface area contributed by atoms with Crippen LogP contribution in [0, 0.1) is 6.92 Å². The van der Waals surface area contributed by atoms with E-state index in [0.717, 1.165) is 39.7 Å². The highest BCUT2D eigenvalue weighted by molar-refractivity contribution is 7.11. The van der Waals surface area contributed by atoms with Crippen LogP contribution in [0.5, 0.6) is 0 Å². The molecule has 0 saturated heterocycles. The quantitative estimate of drug-likeness (QED) is 0.718. The predicted octanol–water partition coefficient (Wildman–Crippen LogP) is 3.72. The Kier molecular flexibility index (Phi) is 5.05. The third-order valence-electron chi connectivity index (χ3n) is 3.76. The van der Waals surface area contributed by atoms with Gasteiger partial charge in [0.05, 0.1) is 34.7 Å². The molecule has 124 valence electrons. The number of aromatic amines is 1. The number of carbonyl (C=O) groups excluding carboxylic acids is 1. The van der Waals surface area contributed by atoms with Gasteiger partial charge < -0.3 is 5.32 Å². The first-order valence-corrected chi connectivity index (χ1v) is 8.83. The molecule has 0 spiro atoms. The van der Waals surface area contributed by atoms with Gasteiger partial charge in [-0.1, -0.05) is 37.3 Å². The summed E-state index contributed by atoms with van der Waals surface area (Å²) in [6.07, 6.45) is 3.63. The molecular formula is C18H20N4OS. The van der Waals surface area contributed by atoms with Crippen molar-refractivity contribution >= 4 is 17.2 Å². The van der Waals surface area contributed by atoms with Crippen LogP contribution in [-0.4, -0.2) is 21.1 Å². The Hall–Kier alpha value is -2.47. The minimum Gasteiger partial charge on any atom is -0.347 e. The minimum absolute atomic E-state index is 0.132. The van der Waals surface area contributed by atoms with Gasteiger partial charge in [-0.05, 0) is 19.8 Å². The van der Waals surface area contributed by atoms with Crippen molar-refractivity contribution in [1.29, 1.82) is 0 Å². The lowest BCUT2D eigenvalue weighted by atomic mass is 10.1. The van der Waals surface area contributed by atoms with Gasteiger partial charge in [-0.25, -0.2) is 4.98 Å². The molecule has 0 aliphatic rings. The van der Waals surface area contributed by atoms with Crippen molar-refractivity contribution in [3.63, 3.8) is 0 Å². The van der Waals surface area contributed by atoms with Crippen LogP contribution in [-0.2, 0) is 13.0 Å². The van der Waals surface area contributed by atoms with Crippen molar-refractivity contribution in [2.75, 3.05) is 0 Å². The molecule has 2 heterocycles. The third-order valence-corrected chi connectivity index (χ3v) is 4.97. The van der Waals surface area contributed by atoms with E-state index in [1.165, 1.54) is 0 Å². The van der Waals surface area contributed by atoms with E-state index in [-0.39, 0.29) is 5.91 Å². The number of nitrogens with one attached hydrogen (secondary N) is 2. The zero-order chi connectivity index (χ0) is 16.9. The van der Waals surface area contributed by atoms with Gasteiger partial charge in [-0.2, -0.15) is 5.10 Å². The van der Waals surface area contributed by atoms with E-state index in [1.54, 1.807) is 17.5 Å². The highest BCUT2D eigenvalue weighted by atomic mass is 32.1. The van der Waals surface area contributed by atoms with E-state index in [1.807, 2.05) is 37.3 Å². The predicted molar refractivity (Wildman–Crippen MR) is 96.0 cm³/mol. The number of nitrogens with zero attached hydrogens (tertiary/aromatic N) is 2. The van der Waals surface area contributed by atoms with Crippen LogP contribution in [0.25, 0.3) is 11.3 Å². The van der Waals surface area contributed by atoms with Crippen molar-refractivity contribution < 1.29 is 4.79 Å². The van der Waals surface area contributed by atoms with Crippen molar-refractivity contribution in [1.82, 2.24) is 20.5 Å². The van der Waals surface area contributed by atoms with Gasteiger partial charge in [-0.15, -0.1) is 11.3 Å². The Labute approximate surface area is 145 Å². The molecule has 0 atom stereocenters. The summed E-state index contributed by atoms with van der Waals surface area (Å²) in [4.78, 5) is 18.2. The second kappa shape index (κ2) is 7.40. The van der Waals surface area contributed by atoms with Crippen LogP contribution in [0.1, 0.15) is 39.3 Å². The maximum atomic E-state index is 12.5. The summed E-state index contributed by atoms with van der Waals surface area (Å²) in [5, 5.41) is 11.0. The van der Waals surface area contributed by atoms with Crippen LogP contribution in [0.2, 0.25) is 0 Å². The first-order chi connectivity index (χ1) is 11.7. The molecule has 0 bridgehead atoms. The number of hydrogen-bond acceptors (Lipinski definition) is 4. The molecule has 0 aliphatic heterocycles. The fourth-order valence-electron chi connectivity index (χ4n) is 2.51.